The summed E-state index contributed by atoms with van der Waals surface area (Å²) in [7, 11) is -3.69. The number of para-hydroxylation sites is 1. The van der Waals surface area contributed by atoms with Gasteiger partial charge in [0.25, 0.3) is 0 Å². The average Bonchev–Trinajstić information content (AvgIpc) is 2.63. The predicted molar refractivity (Wildman–Crippen MR) is 116 cm³/mol. The normalized spacial score (nSPS) is 12.5. The molecule has 8 heteroatoms. The van der Waals surface area contributed by atoms with Crippen LogP contribution in [0.5, 0.6) is 5.75 Å². The highest BCUT2D eigenvalue weighted by Gasteiger charge is 2.14. The molecule has 0 aliphatic heterocycles. The Morgan fingerprint density at radius 2 is 1.72 bits per heavy atom. The number of nitrogens with two attached hydrogens (primary N) is 1. The van der Waals surface area contributed by atoms with Gasteiger partial charge < -0.3 is 15.4 Å². The topological polar surface area (TPSA) is 106 Å². The van der Waals surface area contributed by atoms with Gasteiger partial charge in [-0.05, 0) is 51.5 Å². The van der Waals surface area contributed by atoms with E-state index in [2.05, 4.69) is 15.6 Å². The molecule has 2 rings (SSSR count). The number of aliphatic imine (C=N–C) groups is 1. The SMILES string of the molecule is CCNC(=NCc1ccc(S(N)(=O)=O)cc1)NCc1ccccc1OC(C)(C)C. The smallest absolute Gasteiger partial charge is 0.238 e. The molecular formula is C21H30N4O3S. The number of sulfonamides is 1. The summed E-state index contributed by atoms with van der Waals surface area (Å²) in [4.78, 5) is 4.66. The first-order chi connectivity index (χ1) is 13.6. The summed E-state index contributed by atoms with van der Waals surface area (Å²) in [5, 5.41) is 11.6. The van der Waals surface area contributed by atoms with E-state index < -0.39 is 10.0 Å². The molecule has 0 bridgehead atoms. The number of guanidine groups is 1. The van der Waals surface area contributed by atoms with Gasteiger partial charge in [0.15, 0.2) is 5.96 Å². The highest BCUT2D eigenvalue weighted by atomic mass is 32.2. The number of rotatable bonds is 7. The van der Waals surface area contributed by atoms with Crippen molar-refractivity contribution >= 4 is 16.0 Å². The van der Waals surface area contributed by atoms with Crippen LogP contribution in [0.15, 0.2) is 58.4 Å². The Kier molecular flexibility index (Phi) is 7.64. The molecule has 0 fully saturated rings. The van der Waals surface area contributed by atoms with Gasteiger partial charge in [0, 0.05) is 18.7 Å². The first-order valence-corrected chi connectivity index (χ1v) is 11.0. The summed E-state index contributed by atoms with van der Waals surface area (Å²) in [6, 6.07) is 14.3. The van der Waals surface area contributed by atoms with Crippen LogP contribution in [0.3, 0.4) is 0 Å². The Morgan fingerprint density at radius 3 is 2.31 bits per heavy atom. The molecule has 4 N–H and O–H groups in total. The van der Waals surface area contributed by atoms with E-state index in [0.717, 1.165) is 23.4 Å². The number of primary sulfonamides is 1. The van der Waals surface area contributed by atoms with Gasteiger partial charge in [0.2, 0.25) is 10.0 Å². The lowest BCUT2D eigenvalue weighted by molar-refractivity contribution is 0.129. The van der Waals surface area contributed by atoms with Crippen LogP contribution in [0.4, 0.5) is 0 Å². The van der Waals surface area contributed by atoms with E-state index in [-0.39, 0.29) is 10.5 Å². The second-order valence-corrected chi connectivity index (χ2v) is 9.12. The highest BCUT2D eigenvalue weighted by Crippen LogP contribution is 2.22. The van der Waals surface area contributed by atoms with Crippen LogP contribution in [-0.2, 0) is 23.1 Å². The summed E-state index contributed by atoms with van der Waals surface area (Å²) in [5.74, 6) is 1.50. The van der Waals surface area contributed by atoms with E-state index in [9.17, 15) is 8.42 Å². The van der Waals surface area contributed by atoms with Crippen LogP contribution in [0.25, 0.3) is 0 Å². The quantitative estimate of drug-likeness (QED) is 0.474. The molecule has 2 aromatic carbocycles. The van der Waals surface area contributed by atoms with E-state index >= 15 is 0 Å². The maximum absolute atomic E-state index is 11.3. The molecule has 0 amide bonds. The number of hydrogen-bond acceptors (Lipinski definition) is 4. The van der Waals surface area contributed by atoms with E-state index in [1.54, 1.807) is 12.1 Å². The van der Waals surface area contributed by atoms with Crippen molar-refractivity contribution in [3.05, 3.63) is 59.7 Å². The number of nitrogens with one attached hydrogen (secondary N) is 2. The lowest BCUT2D eigenvalue weighted by Gasteiger charge is -2.23. The molecular weight excluding hydrogens is 388 g/mol. The minimum atomic E-state index is -3.69. The molecule has 7 nitrogen and oxygen atoms in total. The molecule has 2 aromatic rings. The Hall–Kier alpha value is -2.58. The van der Waals surface area contributed by atoms with Crippen LogP contribution >= 0.6 is 0 Å². The van der Waals surface area contributed by atoms with Gasteiger partial charge in [0.1, 0.15) is 11.4 Å². The number of hydrogen-bond donors (Lipinski definition) is 3. The molecule has 0 aliphatic carbocycles. The Balaban J connectivity index is 2.07. The number of benzene rings is 2. The van der Waals surface area contributed by atoms with E-state index in [1.165, 1.54) is 12.1 Å². The van der Waals surface area contributed by atoms with Gasteiger partial charge in [-0.25, -0.2) is 18.5 Å². The van der Waals surface area contributed by atoms with Crippen LogP contribution in [-0.4, -0.2) is 26.5 Å². The zero-order valence-corrected chi connectivity index (χ0v) is 18.2. The lowest BCUT2D eigenvalue weighted by Crippen LogP contribution is -2.37. The van der Waals surface area contributed by atoms with Crippen molar-refractivity contribution < 1.29 is 13.2 Å². The summed E-state index contributed by atoms with van der Waals surface area (Å²) in [6.45, 7) is 9.73. The molecule has 0 aliphatic rings. The first kappa shape index (κ1) is 22.7. The van der Waals surface area contributed by atoms with E-state index in [4.69, 9.17) is 9.88 Å². The van der Waals surface area contributed by atoms with E-state index in [1.807, 2.05) is 52.0 Å². The molecule has 0 radical (unpaired) electrons. The van der Waals surface area contributed by atoms with Gasteiger partial charge in [-0.15, -0.1) is 0 Å². The molecule has 0 saturated heterocycles. The van der Waals surface area contributed by atoms with Crippen LogP contribution < -0.4 is 20.5 Å². The Morgan fingerprint density at radius 1 is 1.07 bits per heavy atom. The molecule has 0 saturated carbocycles. The van der Waals surface area contributed by atoms with Gasteiger partial charge >= 0.3 is 0 Å². The standard InChI is InChI=1S/C21H30N4O3S/c1-5-23-20(24-14-16-10-12-18(13-11-16)29(22,26)27)25-15-17-8-6-7-9-19(17)28-21(2,3)4/h6-13H,5,14-15H2,1-4H3,(H2,22,26,27)(H2,23,24,25). The second kappa shape index (κ2) is 9.76. The minimum absolute atomic E-state index is 0.0886. The molecule has 29 heavy (non-hydrogen) atoms. The van der Waals surface area contributed by atoms with Crippen LogP contribution in [0.1, 0.15) is 38.8 Å². The van der Waals surface area contributed by atoms with Crippen LogP contribution in [0.2, 0.25) is 0 Å². The minimum Gasteiger partial charge on any atom is -0.488 e. The summed E-state index contributed by atoms with van der Waals surface area (Å²) < 4.78 is 28.7. The molecule has 0 unspecified atom stereocenters. The number of nitrogens with zero attached hydrogens (tertiary/aromatic N) is 1. The fraction of sp³-hybridized carbons (Fsp3) is 0.381. The monoisotopic (exact) mass is 418 g/mol. The summed E-state index contributed by atoms with van der Waals surface area (Å²) in [5.41, 5.74) is 1.63. The van der Waals surface area contributed by atoms with Gasteiger partial charge in [-0.3, -0.25) is 0 Å². The summed E-state index contributed by atoms with van der Waals surface area (Å²) in [6.07, 6.45) is 0. The first-order valence-electron chi connectivity index (χ1n) is 9.49. The van der Waals surface area contributed by atoms with Crippen LogP contribution in [0, 0.1) is 0 Å². The van der Waals surface area contributed by atoms with Crippen molar-refractivity contribution in [2.75, 3.05) is 6.54 Å². The summed E-state index contributed by atoms with van der Waals surface area (Å²) >= 11 is 0. The third-order valence-electron chi connectivity index (χ3n) is 3.85. The average molecular weight is 419 g/mol. The van der Waals surface area contributed by atoms with Gasteiger partial charge in [-0.2, -0.15) is 0 Å². The molecule has 158 valence electrons. The van der Waals surface area contributed by atoms with Gasteiger partial charge in [0.05, 0.1) is 11.4 Å². The maximum Gasteiger partial charge on any atom is 0.238 e. The maximum atomic E-state index is 11.3. The lowest BCUT2D eigenvalue weighted by atomic mass is 10.1. The second-order valence-electron chi connectivity index (χ2n) is 7.56. The third-order valence-corrected chi connectivity index (χ3v) is 4.78. The van der Waals surface area contributed by atoms with E-state index in [0.29, 0.717) is 19.0 Å². The molecule has 0 spiro atoms. The van der Waals surface area contributed by atoms with Gasteiger partial charge in [-0.1, -0.05) is 30.3 Å². The fourth-order valence-electron chi connectivity index (χ4n) is 2.55. The molecule has 0 aromatic heterocycles. The predicted octanol–water partition coefficient (Wildman–Crippen LogP) is 2.77. The fourth-order valence-corrected chi connectivity index (χ4v) is 3.07. The van der Waals surface area contributed by atoms with Crippen molar-refractivity contribution in [1.82, 2.24) is 10.6 Å². The number of ether oxygens (including phenoxy) is 1. The van der Waals surface area contributed by atoms with Crippen molar-refractivity contribution in [1.29, 1.82) is 0 Å². The highest BCUT2D eigenvalue weighted by molar-refractivity contribution is 7.89. The Labute approximate surface area is 173 Å². The van der Waals surface area contributed by atoms with Crippen molar-refractivity contribution in [3.8, 4) is 5.75 Å². The zero-order chi connectivity index (χ0) is 21.5. The third kappa shape index (κ3) is 7.75. The zero-order valence-electron chi connectivity index (χ0n) is 17.4. The molecule has 0 atom stereocenters. The van der Waals surface area contributed by atoms with Crippen molar-refractivity contribution in [3.63, 3.8) is 0 Å². The molecule has 0 heterocycles. The van der Waals surface area contributed by atoms with Crippen molar-refractivity contribution in [2.45, 2.75) is 51.3 Å². The Bertz CT molecular complexity index is 933. The van der Waals surface area contributed by atoms with Crippen molar-refractivity contribution in [2.24, 2.45) is 10.1 Å². The largest absolute Gasteiger partial charge is 0.488 e.